The molecule has 14 N–H and O–H groups in total. The molecule has 0 heterocycles. The second-order valence-electron chi connectivity index (χ2n) is 16.6. The molecule has 0 unspecified atom stereocenters. The molecule has 8 aromatic rings. The fourth-order valence-corrected chi connectivity index (χ4v) is 10.3. The molecular weight excluding hydrogens is 1130 g/mol. The average molecular weight is 1170 g/mol. The zero-order valence-electron chi connectivity index (χ0n) is 40.0. The van der Waals surface area contributed by atoms with Gasteiger partial charge in [-0.1, -0.05) is 24.3 Å². The van der Waals surface area contributed by atoms with Gasteiger partial charge in [-0.2, -0.15) is 54.1 Å². The summed E-state index contributed by atoms with van der Waals surface area (Å²) >= 11 is 0. The van der Waals surface area contributed by atoms with Gasteiger partial charge in [0.05, 0.1) is 44.9 Å². The smallest absolute Gasteiger partial charge is 0.296 e. The first kappa shape index (κ1) is 56.4. The molecule has 80 heavy (non-hydrogen) atoms. The van der Waals surface area contributed by atoms with Crippen molar-refractivity contribution in [1.29, 1.82) is 0 Å². The fourth-order valence-electron chi connectivity index (χ4n) is 7.60. The fraction of sp³-hybridized carbons (Fsp3) is 0. The Morgan fingerprint density at radius 2 is 0.700 bits per heavy atom. The number of aromatic hydroxyl groups is 2. The van der Waals surface area contributed by atoms with Crippen LogP contribution in [0.15, 0.2) is 182 Å². The van der Waals surface area contributed by atoms with E-state index in [-0.39, 0.29) is 77.9 Å². The number of nitrogens with two attached hydrogens (primary N) is 4. The lowest BCUT2D eigenvalue weighted by Gasteiger charge is -2.12. The molecule has 0 spiro atoms. The second-order valence-corrected chi connectivity index (χ2v) is 22.2. The van der Waals surface area contributed by atoms with Gasteiger partial charge in [0.15, 0.2) is 11.5 Å². The predicted molar refractivity (Wildman–Crippen MR) is 288 cm³/mol. The number of hydrogen-bond acceptors (Lipinski definition) is 22. The third-order valence-corrected chi connectivity index (χ3v) is 14.9. The zero-order chi connectivity index (χ0) is 58.2. The van der Waals surface area contributed by atoms with Gasteiger partial charge in [0, 0.05) is 33.3 Å². The number of benzene rings is 8. The molecule has 0 bridgehead atoms. The number of hydrogen-bond donors (Lipinski definition) is 10. The first-order valence-electron chi connectivity index (χ1n) is 22.0. The van der Waals surface area contributed by atoms with Gasteiger partial charge in [-0.15, -0.1) is 20.5 Å². The molecule has 8 aromatic carbocycles. The predicted octanol–water partition coefficient (Wildman–Crippen LogP) is 9.59. The lowest BCUT2D eigenvalue weighted by Crippen LogP contribution is -2.10. The summed E-state index contributed by atoms with van der Waals surface area (Å²) in [7, 11) is -20.9. The molecule has 408 valence electrons. The Kier molecular flexibility index (Phi) is 15.2. The van der Waals surface area contributed by atoms with Crippen LogP contribution in [0.2, 0.25) is 0 Å². The number of amides is 2. The first-order chi connectivity index (χ1) is 37.5. The Morgan fingerprint density at radius 3 is 1.01 bits per heavy atom. The van der Waals surface area contributed by atoms with E-state index in [1.807, 2.05) is 0 Å². The van der Waals surface area contributed by atoms with Crippen molar-refractivity contribution in [3.8, 4) is 11.5 Å². The van der Waals surface area contributed by atoms with E-state index in [1.54, 1.807) is 0 Å². The zero-order valence-corrected chi connectivity index (χ0v) is 43.3. The number of fused-ring (bicyclic) bond motifs is 2. The van der Waals surface area contributed by atoms with Crippen molar-refractivity contribution < 1.29 is 71.7 Å². The number of azo groups is 4. The standard InChI is InChI=1S/C48H36N12O16S4/c49-33-15-17-35(57-53-27-9-5-25(6-10-27)47(51)63)31-21-39(79(71,72)73)43(45(61)41(31)33)59-55-29-13-3-23(37(19-29)77(65,66)67)1-2-24-4-14-30(20-38(24)78(68,69)70)56-60-44-40(80(74,75)76)22-32-36(18-16-34(50)42(32)46(44)62)58-54-28-11-7-26(8-12-28)48(52)64/h1-22,61-62H,49-50H2,(H2,51,63)(H2,52,64)(H,65,66,67)(H,68,69,70)(H,71,72,73)(H,74,75,76)/b2-1+,57-53?,58-54?,59-55?,60-56?. The molecule has 0 aliphatic carbocycles. The number of phenolic OH excluding ortho intramolecular Hbond substituents is 2. The maximum atomic E-state index is 12.7. The third kappa shape index (κ3) is 12.2. The number of rotatable bonds is 16. The van der Waals surface area contributed by atoms with Crippen molar-refractivity contribution in [3.63, 3.8) is 0 Å². The van der Waals surface area contributed by atoms with E-state index in [0.29, 0.717) is 0 Å². The summed E-state index contributed by atoms with van der Waals surface area (Å²) in [4.78, 5) is 19.1. The molecule has 0 aromatic heterocycles. The molecule has 8 rings (SSSR count). The van der Waals surface area contributed by atoms with E-state index in [0.717, 1.165) is 60.7 Å². The Bertz CT molecular complexity index is 4290. The summed E-state index contributed by atoms with van der Waals surface area (Å²) in [5.41, 5.74) is 20.0. The monoisotopic (exact) mass is 1160 g/mol. The number of phenols is 2. The minimum absolute atomic E-state index is 0.0592. The average Bonchev–Trinajstić information content (AvgIpc) is 3.42. The van der Waals surface area contributed by atoms with Gasteiger partial charge in [0.1, 0.15) is 31.0 Å². The van der Waals surface area contributed by atoms with Gasteiger partial charge in [0.25, 0.3) is 40.5 Å². The maximum absolute atomic E-state index is 12.7. The van der Waals surface area contributed by atoms with Crippen molar-refractivity contribution >= 4 is 143 Å². The van der Waals surface area contributed by atoms with Crippen molar-refractivity contribution in [2.75, 3.05) is 11.5 Å². The third-order valence-electron chi connectivity index (χ3n) is 11.4. The van der Waals surface area contributed by atoms with Crippen LogP contribution in [0.4, 0.5) is 56.9 Å². The molecule has 0 fully saturated rings. The Labute approximate surface area is 450 Å². The van der Waals surface area contributed by atoms with Gasteiger partial charge >= 0.3 is 0 Å². The van der Waals surface area contributed by atoms with Crippen LogP contribution in [-0.4, -0.2) is 73.9 Å². The van der Waals surface area contributed by atoms with Crippen LogP contribution < -0.4 is 22.9 Å². The Morgan fingerprint density at radius 1 is 0.388 bits per heavy atom. The number of anilines is 2. The van der Waals surface area contributed by atoms with Crippen molar-refractivity contribution in [2.45, 2.75) is 19.6 Å². The van der Waals surface area contributed by atoms with E-state index in [2.05, 4.69) is 40.9 Å². The van der Waals surface area contributed by atoms with Crippen LogP contribution in [0.3, 0.4) is 0 Å². The van der Waals surface area contributed by atoms with Crippen molar-refractivity contribution in [2.24, 2.45) is 52.4 Å². The summed E-state index contributed by atoms with van der Waals surface area (Å²) in [5.74, 6) is -3.25. The van der Waals surface area contributed by atoms with Crippen LogP contribution in [0, 0.1) is 0 Å². The number of nitrogen functional groups attached to an aromatic ring is 2. The Hall–Kier alpha value is -9.80. The van der Waals surface area contributed by atoms with Crippen LogP contribution in [0.1, 0.15) is 31.8 Å². The molecular formula is C48H36N12O16S4. The number of carbonyl (C=O) groups is 2. The number of nitrogens with zero attached hydrogens (tertiary/aromatic N) is 8. The topological polar surface area (TPSA) is 495 Å². The van der Waals surface area contributed by atoms with Gasteiger partial charge < -0.3 is 33.1 Å². The van der Waals surface area contributed by atoms with Crippen LogP contribution >= 0.6 is 0 Å². The molecule has 0 saturated carbocycles. The lowest BCUT2D eigenvalue weighted by molar-refractivity contribution is 0.0992. The molecule has 0 saturated heterocycles. The highest BCUT2D eigenvalue weighted by Gasteiger charge is 2.27. The van der Waals surface area contributed by atoms with Crippen LogP contribution in [-0.2, 0) is 40.5 Å². The largest absolute Gasteiger partial charge is 0.505 e. The highest BCUT2D eigenvalue weighted by molar-refractivity contribution is 7.86. The highest BCUT2D eigenvalue weighted by Crippen LogP contribution is 2.48. The van der Waals surface area contributed by atoms with E-state index >= 15 is 0 Å². The molecule has 0 atom stereocenters. The second kappa shape index (κ2) is 21.6. The van der Waals surface area contributed by atoms with Gasteiger partial charge in [-0.05, 0) is 120 Å². The SMILES string of the molecule is NC(=O)c1ccc(N=Nc2ccc(N)c3c(O)c(N=Nc4ccc(/C=C/c5ccc(N=Nc6c(S(=O)(=O)O)cc7c(N=Nc8ccc(C(N)=O)cc8)ccc(N)c7c6O)cc5S(=O)(=O)O)c(S(=O)(=O)O)c4)c(S(=O)(=O)O)cc23)cc1. The molecule has 0 radical (unpaired) electrons. The normalized spacial score (nSPS) is 12.8. The molecule has 0 aliphatic rings. The summed E-state index contributed by atoms with van der Waals surface area (Å²) in [6.45, 7) is 0. The van der Waals surface area contributed by atoms with Gasteiger partial charge in [0.2, 0.25) is 11.8 Å². The van der Waals surface area contributed by atoms with E-state index in [4.69, 9.17) is 22.9 Å². The number of carbonyl (C=O) groups excluding carboxylic acids is 2. The Balaban J connectivity index is 1.11. The van der Waals surface area contributed by atoms with Crippen LogP contribution in [0.25, 0.3) is 33.7 Å². The quantitative estimate of drug-likeness (QED) is 0.0186. The summed E-state index contributed by atoms with van der Waals surface area (Å²) in [6.07, 6.45) is 1.97. The van der Waals surface area contributed by atoms with Crippen molar-refractivity contribution in [1.82, 2.24) is 0 Å². The first-order valence-corrected chi connectivity index (χ1v) is 27.7. The summed E-state index contributed by atoms with van der Waals surface area (Å²) in [6, 6.07) is 23.9. The lowest BCUT2D eigenvalue weighted by atomic mass is 10.0. The van der Waals surface area contributed by atoms with E-state index in [9.17, 15) is 71.7 Å². The minimum Gasteiger partial charge on any atom is -0.505 e. The maximum Gasteiger partial charge on any atom is 0.296 e. The van der Waals surface area contributed by atoms with Crippen molar-refractivity contribution in [3.05, 3.63) is 144 Å². The van der Waals surface area contributed by atoms with E-state index in [1.165, 1.54) is 72.8 Å². The van der Waals surface area contributed by atoms with E-state index < -0.39 is 106 Å². The molecule has 32 heteroatoms. The molecule has 28 nitrogen and oxygen atoms in total. The minimum atomic E-state index is -5.24. The van der Waals surface area contributed by atoms with Crippen LogP contribution in [0.5, 0.6) is 11.5 Å². The highest BCUT2D eigenvalue weighted by atomic mass is 32.2. The summed E-state index contributed by atoms with van der Waals surface area (Å²) in [5, 5.41) is 53.5. The van der Waals surface area contributed by atoms with Gasteiger partial charge in [-0.25, -0.2) is 0 Å². The molecule has 2 amide bonds. The molecule has 0 aliphatic heterocycles. The van der Waals surface area contributed by atoms with Gasteiger partial charge in [-0.3, -0.25) is 27.8 Å². The summed E-state index contributed by atoms with van der Waals surface area (Å²) < 4.78 is 143. The number of primary amides is 2.